The zero-order valence-electron chi connectivity index (χ0n) is 11.2. The van der Waals surface area contributed by atoms with Gasteiger partial charge in [0.15, 0.2) is 0 Å². The van der Waals surface area contributed by atoms with Crippen molar-refractivity contribution in [2.75, 3.05) is 26.2 Å². The number of aliphatic hydroxyl groups is 1. The molecule has 18 heavy (non-hydrogen) atoms. The van der Waals surface area contributed by atoms with Crippen LogP contribution in [0.15, 0.2) is 0 Å². The second-order valence-electron chi connectivity index (χ2n) is 5.65. The van der Waals surface area contributed by atoms with E-state index in [4.69, 9.17) is 5.11 Å². The number of carbonyl (C=O) groups is 1. The van der Waals surface area contributed by atoms with Gasteiger partial charge in [0.25, 0.3) is 0 Å². The fourth-order valence-electron chi connectivity index (χ4n) is 3.22. The molecule has 0 bridgehead atoms. The first-order chi connectivity index (χ1) is 8.81. The summed E-state index contributed by atoms with van der Waals surface area (Å²) in [5, 5.41) is 12.2. The van der Waals surface area contributed by atoms with E-state index in [-0.39, 0.29) is 6.61 Å². The highest BCUT2D eigenvalue weighted by molar-refractivity contribution is 5.76. The number of nitrogens with zero attached hydrogens (tertiary/aromatic N) is 1. The Morgan fingerprint density at radius 3 is 2.94 bits per heavy atom. The van der Waals surface area contributed by atoms with Gasteiger partial charge in [-0.05, 0) is 57.5 Å². The van der Waals surface area contributed by atoms with Crippen LogP contribution in [-0.4, -0.2) is 48.2 Å². The third-order valence-corrected chi connectivity index (χ3v) is 4.32. The number of carbonyl (C=O) groups excluding carboxylic acids is 1. The summed E-state index contributed by atoms with van der Waals surface area (Å²) in [7, 11) is 0. The summed E-state index contributed by atoms with van der Waals surface area (Å²) in [5.74, 6) is 1.04. The fourth-order valence-corrected chi connectivity index (χ4v) is 3.22. The molecule has 2 rings (SSSR count). The van der Waals surface area contributed by atoms with E-state index >= 15 is 0 Å². The molecule has 2 heterocycles. The van der Waals surface area contributed by atoms with E-state index < -0.39 is 0 Å². The minimum Gasteiger partial charge on any atom is -0.396 e. The van der Waals surface area contributed by atoms with Crippen molar-refractivity contribution in [3.63, 3.8) is 0 Å². The molecule has 2 saturated heterocycles. The largest absolute Gasteiger partial charge is 0.396 e. The summed E-state index contributed by atoms with van der Waals surface area (Å²) in [6.45, 7) is 3.37. The lowest BCUT2D eigenvalue weighted by Crippen LogP contribution is -2.35. The minimum atomic E-state index is 0.242. The van der Waals surface area contributed by atoms with Crippen molar-refractivity contribution in [2.24, 2.45) is 5.92 Å². The predicted molar refractivity (Wildman–Crippen MR) is 71.3 cm³/mol. The Bertz CT molecular complexity index is 265. The van der Waals surface area contributed by atoms with Crippen molar-refractivity contribution in [1.29, 1.82) is 0 Å². The summed E-state index contributed by atoms with van der Waals surface area (Å²) < 4.78 is 0. The van der Waals surface area contributed by atoms with Crippen molar-refractivity contribution in [1.82, 2.24) is 10.2 Å². The summed E-state index contributed by atoms with van der Waals surface area (Å²) in [6.07, 6.45) is 7.01. The first kappa shape index (κ1) is 13.8. The van der Waals surface area contributed by atoms with Crippen molar-refractivity contribution in [2.45, 2.75) is 51.0 Å². The zero-order valence-corrected chi connectivity index (χ0v) is 11.2. The van der Waals surface area contributed by atoms with Gasteiger partial charge in [-0.25, -0.2) is 0 Å². The van der Waals surface area contributed by atoms with E-state index in [1.54, 1.807) is 0 Å². The van der Waals surface area contributed by atoms with E-state index in [1.807, 2.05) is 0 Å². The SMILES string of the molecule is O=C(CCC1CCNC1)N1CCCC1CCCO. The number of rotatable bonds is 6. The molecule has 0 saturated carbocycles. The van der Waals surface area contributed by atoms with E-state index in [1.165, 1.54) is 6.42 Å². The van der Waals surface area contributed by atoms with Crippen molar-refractivity contribution in [3.8, 4) is 0 Å². The Morgan fingerprint density at radius 2 is 2.22 bits per heavy atom. The molecule has 0 radical (unpaired) electrons. The average Bonchev–Trinajstić information content (AvgIpc) is 3.04. The molecule has 0 aliphatic carbocycles. The average molecular weight is 254 g/mol. The monoisotopic (exact) mass is 254 g/mol. The van der Waals surface area contributed by atoms with Crippen molar-refractivity contribution < 1.29 is 9.90 Å². The summed E-state index contributed by atoms with van der Waals surface area (Å²) in [4.78, 5) is 14.3. The number of aliphatic hydroxyl groups excluding tert-OH is 1. The van der Waals surface area contributed by atoms with Gasteiger partial charge in [0.2, 0.25) is 5.91 Å². The molecular formula is C14H26N2O2. The standard InChI is InChI=1S/C14H26N2O2/c17-10-2-4-13-3-1-9-16(13)14(18)6-5-12-7-8-15-11-12/h12-13,15,17H,1-11H2. The Morgan fingerprint density at radius 1 is 1.33 bits per heavy atom. The molecule has 2 N–H and O–H groups in total. The van der Waals surface area contributed by atoms with Crippen LogP contribution in [-0.2, 0) is 4.79 Å². The highest BCUT2D eigenvalue weighted by Gasteiger charge is 2.28. The molecule has 104 valence electrons. The molecule has 2 aliphatic rings. The van der Waals surface area contributed by atoms with Crippen LogP contribution in [0, 0.1) is 5.92 Å². The molecule has 0 aromatic carbocycles. The van der Waals surface area contributed by atoms with E-state index in [0.717, 1.165) is 51.7 Å². The van der Waals surface area contributed by atoms with Crippen molar-refractivity contribution >= 4 is 5.91 Å². The van der Waals surface area contributed by atoms with E-state index in [9.17, 15) is 4.79 Å². The lowest BCUT2D eigenvalue weighted by molar-refractivity contribution is -0.132. The Kier molecular flexibility index (Phi) is 5.45. The van der Waals surface area contributed by atoms with Crippen LogP contribution in [0.4, 0.5) is 0 Å². The molecule has 2 atom stereocenters. The van der Waals surface area contributed by atoms with Crippen LogP contribution in [0.1, 0.15) is 44.9 Å². The van der Waals surface area contributed by atoms with Crippen LogP contribution in [0.5, 0.6) is 0 Å². The van der Waals surface area contributed by atoms with Gasteiger partial charge in [-0.15, -0.1) is 0 Å². The Hall–Kier alpha value is -0.610. The second-order valence-corrected chi connectivity index (χ2v) is 5.65. The van der Waals surface area contributed by atoms with Crippen LogP contribution in [0.2, 0.25) is 0 Å². The normalized spacial score (nSPS) is 27.9. The number of amides is 1. The van der Waals surface area contributed by atoms with Gasteiger partial charge in [0.05, 0.1) is 0 Å². The molecule has 0 aromatic rings. The molecule has 2 unspecified atom stereocenters. The number of hydrogen-bond acceptors (Lipinski definition) is 3. The maximum absolute atomic E-state index is 12.2. The zero-order chi connectivity index (χ0) is 12.8. The molecular weight excluding hydrogens is 228 g/mol. The maximum Gasteiger partial charge on any atom is 0.222 e. The van der Waals surface area contributed by atoms with Crippen LogP contribution >= 0.6 is 0 Å². The Labute approximate surface area is 110 Å². The van der Waals surface area contributed by atoms with Crippen molar-refractivity contribution in [3.05, 3.63) is 0 Å². The number of hydrogen-bond donors (Lipinski definition) is 2. The summed E-state index contributed by atoms with van der Waals surface area (Å²) in [5.41, 5.74) is 0. The van der Waals surface area contributed by atoms with Crippen LogP contribution < -0.4 is 5.32 Å². The van der Waals surface area contributed by atoms with E-state index in [2.05, 4.69) is 10.2 Å². The molecule has 4 nitrogen and oxygen atoms in total. The summed E-state index contributed by atoms with van der Waals surface area (Å²) in [6, 6.07) is 0.395. The molecule has 2 aliphatic heterocycles. The summed E-state index contributed by atoms with van der Waals surface area (Å²) >= 11 is 0. The highest BCUT2D eigenvalue weighted by Crippen LogP contribution is 2.23. The molecule has 0 aromatic heterocycles. The lowest BCUT2D eigenvalue weighted by atomic mass is 10.0. The van der Waals surface area contributed by atoms with E-state index in [0.29, 0.717) is 24.3 Å². The molecule has 0 spiro atoms. The first-order valence-corrected chi connectivity index (χ1v) is 7.42. The third-order valence-electron chi connectivity index (χ3n) is 4.32. The predicted octanol–water partition coefficient (Wildman–Crippen LogP) is 1.14. The van der Waals surface area contributed by atoms with Gasteiger partial charge in [0.1, 0.15) is 0 Å². The number of likely N-dealkylation sites (tertiary alicyclic amines) is 1. The van der Waals surface area contributed by atoms with Gasteiger partial charge in [-0.1, -0.05) is 0 Å². The topological polar surface area (TPSA) is 52.6 Å². The molecule has 2 fully saturated rings. The van der Waals surface area contributed by atoms with Gasteiger partial charge >= 0.3 is 0 Å². The quantitative estimate of drug-likeness (QED) is 0.747. The highest BCUT2D eigenvalue weighted by atomic mass is 16.3. The van der Waals surface area contributed by atoms with Crippen LogP contribution in [0.3, 0.4) is 0 Å². The Balaban J connectivity index is 1.72. The lowest BCUT2D eigenvalue weighted by Gasteiger charge is -2.25. The maximum atomic E-state index is 12.2. The van der Waals surface area contributed by atoms with Gasteiger partial charge in [-0.3, -0.25) is 4.79 Å². The molecule has 1 amide bonds. The number of nitrogens with one attached hydrogen (secondary N) is 1. The fraction of sp³-hybridized carbons (Fsp3) is 0.929. The molecule has 4 heteroatoms. The first-order valence-electron chi connectivity index (χ1n) is 7.42. The minimum absolute atomic E-state index is 0.242. The smallest absolute Gasteiger partial charge is 0.222 e. The van der Waals surface area contributed by atoms with Gasteiger partial charge < -0.3 is 15.3 Å². The van der Waals surface area contributed by atoms with Gasteiger partial charge in [-0.2, -0.15) is 0 Å². The third kappa shape index (κ3) is 3.69. The van der Waals surface area contributed by atoms with Gasteiger partial charge in [0, 0.05) is 25.6 Å². The van der Waals surface area contributed by atoms with Crippen LogP contribution in [0.25, 0.3) is 0 Å². The second kappa shape index (κ2) is 7.10.